The third-order valence-electron chi connectivity index (χ3n) is 3.67. The van der Waals surface area contributed by atoms with E-state index in [4.69, 9.17) is 5.73 Å². The molecule has 108 valence electrons. The number of benzene rings is 1. The maximum Gasteiger partial charge on any atom is 0.254 e. The number of aromatic amines is 1. The molecule has 0 spiro atoms. The summed E-state index contributed by atoms with van der Waals surface area (Å²) in [6.07, 6.45) is 3.50. The zero-order valence-electron chi connectivity index (χ0n) is 11.6. The lowest BCUT2D eigenvalue weighted by molar-refractivity contribution is 0.0730. The quantitative estimate of drug-likeness (QED) is 0.839. The summed E-state index contributed by atoms with van der Waals surface area (Å²) < 4.78 is 0. The number of nitrogens with one attached hydrogen (secondary N) is 1. The second-order valence-corrected chi connectivity index (χ2v) is 5.30. The normalized spacial score (nSPS) is 13.9. The van der Waals surface area contributed by atoms with E-state index in [0.717, 1.165) is 18.4 Å². The van der Waals surface area contributed by atoms with Gasteiger partial charge in [-0.25, -0.2) is 0 Å². The average molecular weight is 283 g/mol. The van der Waals surface area contributed by atoms with Gasteiger partial charge >= 0.3 is 0 Å². The molecule has 1 fully saturated rings. The molecule has 1 aromatic heterocycles. The SMILES string of the molecule is Nc1ccccc1CN(C(=O)c1cc[nH]c(=O)c1)C1CC1. The Labute approximate surface area is 122 Å². The molecule has 0 bridgehead atoms. The number of carbonyl (C=O) groups excluding carboxylic acids is 1. The third-order valence-corrected chi connectivity index (χ3v) is 3.67. The van der Waals surface area contributed by atoms with Crippen LogP contribution in [-0.2, 0) is 6.54 Å². The number of pyridine rings is 1. The number of carbonyl (C=O) groups is 1. The van der Waals surface area contributed by atoms with Crippen molar-refractivity contribution in [1.29, 1.82) is 0 Å². The zero-order chi connectivity index (χ0) is 14.8. The van der Waals surface area contributed by atoms with Crippen LogP contribution in [0.1, 0.15) is 28.8 Å². The van der Waals surface area contributed by atoms with E-state index in [1.807, 2.05) is 24.3 Å². The summed E-state index contributed by atoms with van der Waals surface area (Å²) in [7, 11) is 0. The van der Waals surface area contributed by atoms with Gasteiger partial charge in [0.1, 0.15) is 0 Å². The third kappa shape index (κ3) is 2.97. The number of nitrogen functional groups attached to an aromatic ring is 1. The van der Waals surface area contributed by atoms with Crippen LogP contribution in [0.15, 0.2) is 47.4 Å². The monoisotopic (exact) mass is 283 g/mol. The summed E-state index contributed by atoms with van der Waals surface area (Å²) >= 11 is 0. The zero-order valence-corrected chi connectivity index (χ0v) is 11.6. The van der Waals surface area contributed by atoms with Crippen LogP contribution in [-0.4, -0.2) is 21.8 Å². The number of nitrogens with two attached hydrogens (primary N) is 1. The molecule has 1 amide bonds. The Morgan fingerprint density at radius 3 is 2.71 bits per heavy atom. The van der Waals surface area contributed by atoms with Gasteiger partial charge in [-0.15, -0.1) is 0 Å². The Kier molecular flexibility index (Phi) is 3.48. The van der Waals surface area contributed by atoms with Crippen LogP contribution in [0, 0.1) is 0 Å². The van der Waals surface area contributed by atoms with Crippen LogP contribution < -0.4 is 11.3 Å². The Balaban J connectivity index is 1.87. The molecule has 5 nitrogen and oxygen atoms in total. The molecule has 1 saturated carbocycles. The van der Waals surface area contributed by atoms with Crippen LogP contribution in [0.25, 0.3) is 0 Å². The number of rotatable bonds is 4. The second kappa shape index (κ2) is 5.44. The van der Waals surface area contributed by atoms with Gasteiger partial charge in [0.05, 0.1) is 0 Å². The molecule has 2 aromatic rings. The van der Waals surface area contributed by atoms with Gasteiger partial charge in [0.15, 0.2) is 0 Å². The Morgan fingerprint density at radius 1 is 1.29 bits per heavy atom. The number of aromatic nitrogens is 1. The minimum absolute atomic E-state index is 0.119. The molecule has 0 unspecified atom stereocenters. The number of hydrogen-bond donors (Lipinski definition) is 2. The summed E-state index contributed by atoms with van der Waals surface area (Å²) in [5.74, 6) is -0.119. The number of H-pyrrole nitrogens is 1. The van der Waals surface area contributed by atoms with Crippen molar-refractivity contribution in [3.05, 3.63) is 64.1 Å². The first-order valence-electron chi connectivity index (χ1n) is 6.98. The van der Waals surface area contributed by atoms with Crippen molar-refractivity contribution in [1.82, 2.24) is 9.88 Å². The van der Waals surface area contributed by atoms with E-state index in [0.29, 0.717) is 17.8 Å². The molecule has 0 radical (unpaired) electrons. The summed E-state index contributed by atoms with van der Waals surface area (Å²) in [5.41, 5.74) is 7.72. The molecule has 3 rings (SSSR count). The topological polar surface area (TPSA) is 79.2 Å². The Morgan fingerprint density at radius 2 is 2.05 bits per heavy atom. The van der Waals surface area contributed by atoms with Crippen LogP contribution in [0.2, 0.25) is 0 Å². The lowest BCUT2D eigenvalue weighted by Gasteiger charge is -2.23. The fourth-order valence-corrected chi connectivity index (χ4v) is 2.36. The molecule has 1 aliphatic carbocycles. The molecule has 0 saturated heterocycles. The van der Waals surface area contributed by atoms with Gasteiger partial charge < -0.3 is 15.6 Å². The average Bonchev–Trinajstić information content (AvgIpc) is 3.30. The first kappa shape index (κ1) is 13.4. The van der Waals surface area contributed by atoms with Gasteiger partial charge in [0.2, 0.25) is 5.56 Å². The summed E-state index contributed by atoms with van der Waals surface area (Å²) in [6.45, 7) is 0.475. The van der Waals surface area contributed by atoms with Crippen LogP contribution >= 0.6 is 0 Å². The minimum Gasteiger partial charge on any atom is -0.398 e. The maximum atomic E-state index is 12.6. The van der Waals surface area contributed by atoms with Gasteiger partial charge in [-0.3, -0.25) is 9.59 Å². The highest BCUT2D eigenvalue weighted by Gasteiger charge is 2.33. The smallest absolute Gasteiger partial charge is 0.254 e. The molecular weight excluding hydrogens is 266 g/mol. The predicted octanol–water partition coefficient (Wildman–Crippen LogP) is 1.76. The summed E-state index contributed by atoms with van der Waals surface area (Å²) in [4.78, 5) is 28.3. The number of hydrogen-bond acceptors (Lipinski definition) is 3. The minimum atomic E-state index is -0.268. The van der Waals surface area contributed by atoms with E-state index in [1.54, 1.807) is 11.0 Å². The highest BCUT2D eigenvalue weighted by Crippen LogP contribution is 2.30. The standard InChI is InChI=1S/C16H17N3O2/c17-14-4-2-1-3-12(14)10-19(13-5-6-13)16(21)11-7-8-18-15(20)9-11/h1-4,7-9,13H,5-6,10,17H2,(H,18,20). The first-order valence-corrected chi connectivity index (χ1v) is 6.98. The van der Waals surface area contributed by atoms with E-state index in [1.165, 1.54) is 12.3 Å². The molecule has 1 aromatic carbocycles. The Bertz CT molecular complexity index is 719. The van der Waals surface area contributed by atoms with Gasteiger partial charge in [-0.1, -0.05) is 18.2 Å². The molecule has 21 heavy (non-hydrogen) atoms. The highest BCUT2D eigenvalue weighted by atomic mass is 16.2. The van der Waals surface area contributed by atoms with Crippen LogP contribution in [0.3, 0.4) is 0 Å². The van der Waals surface area contributed by atoms with Gasteiger partial charge in [0.25, 0.3) is 5.91 Å². The fraction of sp³-hybridized carbons (Fsp3) is 0.250. The lowest BCUT2D eigenvalue weighted by atomic mass is 10.1. The number of amides is 1. The lowest BCUT2D eigenvalue weighted by Crippen LogP contribution is -2.33. The molecule has 1 aliphatic rings. The predicted molar refractivity (Wildman–Crippen MR) is 80.8 cm³/mol. The van der Waals surface area contributed by atoms with Gasteiger partial charge in [0, 0.05) is 36.1 Å². The molecular formula is C16H17N3O2. The summed E-state index contributed by atoms with van der Waals surface area (Å²) in [5, 5.41) is 0. The van der Waals surface area contributed by atoms with Gasteiger partial charge in [-0.05, 0) is 30.5 Å². The highest BCUT2D eigenvalue weighted by molar-refractivity contribution is 5.94. The van der Waals surface area contributed by atoms with Gasteiger partial charge in [-0.2, -0.15) is 0 Å². The van der Waals surface area contributed by atoms with E-state index in [2.05, 4.69) is 4.98 Å². The van der Waals surface area contributed by atoms with Crippen LogP contribution in [0.4, 0.5) is 5.69 Å². The molecule has 5 heteroatoms. The molecule has 3 N–H and O–H groups in total. The first-order chi connectivity index (χ1) is 10.1. The number of para-hydroxylation sites is 1. The number of nitrogens with zero attached hydrogens (tertiary/aromatic N) is 1. The molecule has 1 heterocycles. The fourth-order valence-electron chi connectivity index (χ4n) is 2.36. The van der Waals surface area contributed by atoms with Crippen molar-refractivity contribution >= 4 is 11.6 Å². The van der Waals surface area contributed by atoms with E-state index in [9.17, 15) is 9.59 Å². The number of anilines is 1. The van der Waals surface area contributed by atoms with E-state index in [-0.39, 0.29) is 17.5 Å². The van der Waals surface area contributed by atoms with Crippen molar-refractivity contribution in [3.63, 3.8) is 0 Å². The largest absolute Gasteiger partial charge is 0.398 e. The Hall–Kier alpha value is -2.56. The van der Waals surface area contributed by atoms with Crippen molar-refractivity contribution in [2.24, 2.45) is 0 Å². The molecule has 0 atom stereocenters. The maximum absolute atomic E-state index is 12.6. The van der Waals surface area contributed by atoms with Crippen molar-refractivity contribution in [2.75, 3.05) is 5.73 Å². The second-order valence-electron chi connectivity index (χ2n) is 5.30. The van der Waals surface area contributed by atoms with E-state index < -0.39 is 0 Å². The van der Waals surface area contributed by atoms with Crippen molar-refractivity contribution in [2.45, 2.75) is 25.4 Å². The van der Waals surface area contributed by atoms with Crippen molar-refractivity contribution < 1.29 is 4.79 Å². The van der Waals surface area contributed by atoms with E-state index >= 15 is 0 Å². The van der Waals surface area contributed by atoms with Crippen LogP contribution in [0.5, 0.6) is 0 Å². The summed E-state index contributed by atoms with van der Waals surface area (Å²) in [6, 6.07) is 10.8. The molecule has 0 aliphatic heterocycles. The van der Waals surface area contributed by atoms with Crippen molar-refractivity contribution in [3.8, 4) is 0 Å².